The molecule has 0 aromatic heterocycles. The number of benzene rings is 7. The molecule has 27 heteroatoms. The van der Waals surface area contributed by atoms with Crippen LogP contribution in [0.4, 0.5) is 22.7 Å². The second-order valence-corrected chi connectivity index (χ2v) is 27.6. The molecule has 18 nitrogen and oxygen atoms in total. The van der Waals surface area contributed by atoms with Crippen LogP contribution in [0.3, 0.4) is 0 Å². The van der Waals surface area contributed by atoms with Gasteiger partial charge in [-0.15, -0.1) is 16.6 Å². The van der Waals surface area contributed by atoms with Crippen LogP contribution in [-0.2, 0) is 52.7 Å². The van der Waals surface area contributed by atoms with E-state index < -0.39 is 67.9 Å². The van der Waals surface area contributed by atoms with E-state index in [4.69, 9.17) is 30.0 Å². The molecule has 7 aromatic rings. The molecule has 0 amide bonds. The van der Waals surface area contributed by atoms with E-state index in [-0.39, 0.29) is 20.1 Å². The normalized spacial score (nSPS) is 11.4. The van der Waals surface area contributed by atoms with E-state index in [1.54, 1.807) is 155 Å². The molecule has 0 atom stereocenters. The summed E-state index contributed by atoms with van der Waals surface area (Å²) in [5.41, 5.74) is 14.8. The van der Waals surface area contributed by atoms with Gasteiger partial charge >= 0.3 is 43.8 Å². The second-order valence-electron chi connectivity index (χ2n) is 21.0. The van der Waals surface area contributed by atoms with Crippen LogP contribution in [0.1, 0.15) is 62.3 Å². The zero-order chi connectivity index (χ0) is 63.1. The van der Waals surface area contributed by atoms with Crippen molar-refractivity contribution in [2.75, 3.05) is 21.9 Å². The van der Waals surface area contributed by atoms with E-state index >= 15 is 0 Å². The van der Waals surface area contributed by atoms with Gasteiger partial charge in [-0.25, -0.2) is 25.3 Å². The number of hydrogen-bond donors (Lipinski definition) is 8. The topological polar surface area (TPSA) is 319 Å². The number of rotatable bonds is 13. The number of hydrogen-bond acceptors (Lipinski definition) is 15. The van der Waals surface area contributed by atoms with Crippen LogP contribution in [0.5, 0.6) is 0 Å². The monoisotopic (exact) mass is 1410 g/mol. The summed E-state index contributed by atoms with van der Waals surface area (Å²) in [5, 5.41) is 42.3. The van der Waals surface area contributed by atoms with E-state index in [0.29, 0.717) is 16.8 Å². The van der Waals surface area contributed by atoms with Crippen molar-refractivity contribution in [3.8, 4) is 22.3 Å². The summed E-state index contributed by atoms with van der Waals surface area (Å²) in [5.74, 6) is 0. The minimum absolute atomic E-state index is 0.0690. The number of halogens is 2. The Morgan fingerprint density at radius 3 is 1.00 bits per heavy atom. The van der Waals surface area contributed by atoms with Crippen LogP contribution in [0.25, 0.3) is 36.4 Å². The van der Waals surface area contributed by atoms with Crippen molar-refractivity contribution >= 4 is 111 Å². The van der Waals surface area contributed by atoms with Crippen LogP contribution >= 0.6 is 31.9 Å². The zero-order valence-corrected chi connectivity index (χ0v) is 55.0. The molecule has 0 aliphatic carbocycles. The summed E-state index contributed by atoms with van der Waals surface area (Å²) >= 11 is 8.11. The maximum atomic E-state index is 12.6. The molecule has 0 saturated heterocycles. The Morgan fingerprint density at radius 1 is 0.422 bits per heavy atom. The van der Waals surface area contributed by atoms with Gasteiger partial charge in [-0.2, -0.15) is 0 Å². The van der Waals surface area contributed by atoms with Gasteiger partial charge in [0.25, 0.3) is 0 Å². The van der Waals surface area contributed by atoms with E-state index in [1.807, 2.05) is 66.7 Å². The molecule has 10 N–H and O–H groups in total. The van der Waals surface area contributed by atoms with Crippen molar-refractivity contribution in [3.05, 3.63) is 193 Å². The van der Waals surface area contributed by atoms with Crippen LogP contribution in [-0.4, -0.2) is 83.2 Å². The van der Waals surface area contributed by atoms with Crippen molar-refractivity contribution in [2.24, 2.45) is 0 Å². The first kappa shape index (κ1) is 74.0. The summed E-state index contributed by atoms with van der Waals surface area (Å²) < 4.78 is 96.1. The molecule has 0 radical (unpaired) electrons. The average Bonchev–Trinajstić information content (AvgIpc) is 3.56. The van der Waals surface area contributed by atoms with Gasteiger partial charge in [0, 0.05) is 36.6 Å². The Bertz CT molecular complexity index is 3430. The van der Waals surface area contributed by atoms with E-state index in [9.17, 15) is 30.3 Å². The first-order valence-electron chi connectivity index (χ1n) is 25.2. The molecule has 0 fully saturated rings. The first-order chi connectivity index (χ1) is 38.4. The maximum absolute atomic E-state index is 12.6. The molecule has 7 aromatic carbocycles. The average molecular weight is 1410 g/mol. The number of nitrogens with two attached hydrogens (primary N) is 2. The standard InChI is InChI=1S/C17H22BN2O3S.C16H19N2O2S.C10H15BNO4S.C7H9BBrNO.C6H6BrN.O.Pd/c1-17(2,3)20-24(22,23)16-8-6-5-7-15(16)13-9-11-14(12-10-13)19-18(4)21;1-16(2,3)18-21(19,20)15-7-5-4-6-14(15)12-8-10-13(17)11-9-12;1-10(2,3)12-17(15,16)9-7-5-4-6-8(9)11(13)14;1-8(11)10-7-4-2-6(9)3-5-7;7-5-1-3-6(8)4-2-5;;/h5-12,19,21H,1-4H3;4-11H,17H2,1-3H3;4-7,13-14H,1-3H3;2-5,10-11H,1H3;1-4H,8H2;;/q3*-1;;;;. The first-order valence-corrected chi connectivity index (χ1v) is 31.8. The Morgan fingerprint density at radius 2 is 0.687 bits per heavy atom. The van der Waals surface area contributed by atoms with Gasteiger partial charge in [0.15, 0.2) is 0 Å². The molecule has 0 heterocycles. The molecule has 0 aliphatic heterocycles. The van der Waals surface area contributed by atoms with Crippen molar-refractivity contribution in [1.29, 1.82) is 0 Å². The summed E-state index contributed by atoms with van der Waals surface area (Å²) in [6.07, 6.45) is 0. The molecule has 450 valence electrons. The summed E-state index contributed by atoms with van der Waals surface area (Å²) in [6, 6.07) is 48.9. The van der Waals surface area contributed by atoms with Crippen LogP contribution in [0, 0.1) is 0 Å². The summed E-state index contributed by atoms with van der Waals surface area (Å²) in [4.78, 5) is 0.228. The fourth-order valence-electron chi connectivity index (χ4n) is 6.92. The molecule has 83 heavy (non-hydrogen) atoms. The molecule has 7 rings (SSSR count). The van der Waals surface area contributed by atoms with Gasteiger partial charge in [0.1, 0.15) is 30.1 Å². The third-order valence-electron chi connectivity index (χ3n) is 9.87. The van der Waals surface area contributed by atoms with Crippen molar-refractivity contribution in [1.82, 2.24) is 0 Å². The van der Waals surface area contributed by atoms with Crippen molar-refractivity contribution in [3.63, 3.8) is 0 Å². The Hall–Kier alpha value is -5.07. The van der Waals surface area contributed by atoms with Gasteiger partial charge in [-0.05, 0) is 132 Å². The van der Waals surface area contributed by atoms with Gasteiger partial charge in [-0.1, -0.05) is 173 Å². The van der Waals surface area contributed by atoms with Crippen LogP contribution in [0.2, 0.25) is 13.6 Å². The predicted octanol–water partition coefficient (Wildman–Crippen LogP) is 11.6. The van der Waals surface area contributed by atoms with Gasteiger partial charge in [0.2, 0.25) is 0 Å². The SMILES string of the molecule is CB(O)Nc1ccc(-c2ccccc2S(=O)(=O)[N-]C(C)(C)C)cc1.CB(O)Nc1ccc(Br)cc1.CC(C)(C)[N-]S(=O)(=O)c1ccccc1-c1ccc(N)cc1.CC(C)(C)[N-]S(=O)(=O)c1ccccc1B(O)O.Nc1ccc(Br)cc1.[O]=[Pd]. The number of nitrogens with zero attached hydrogens (tertiary/aromatic N) is 3. The Labute approximate surface area is 519 Å². The number of nitrogens with one attached hydrogen (secondary N) is 2. The van der Waals surface area contributed by atoms with E-state index in [2.05, 4.69) is 56.5 Å². The molecule has 0 bridgehead atoms. The number of sulfonamides is 3. The zero-order valence-electron chi connectivity index (χ0n) is 47.8. The second kappa shape index (κ2) is 33.6. The quantitative estimate of drug-likeness (QED) is 0.0393. The van der Waals surface area contributed by atoms with Crippen LogP contribution in [0.15, 0.2) is 193 Å². The Balaban J connectivity index is 0.000000366. The number of nitrogen functional groups attached to an aromatic ring is 2. The van der Waals surface area contributed by atoms with E-state index in [0.717, 1.165) is 37.1 Å². The van der Waals surface area contributed by atoms with E-state index in [1.165, 1.54) is 43.4 Å². The van der Waals surface area contributed by atoms with Crippen molar-refractivity contribution in [2.45, 2.75) is 107 Å². The fraction of sp³-hybridized carbons (Fsp3) is 0.250. The predicted molar refractivity (Wildman–Crippen MR) is 344 cm³/mol. The van der Waals surface area contributed by atoms with Gasteiger partial charge in [-0.3, -0.25) is 0 Å². The Kier molecular flexibility index (Phi) is 29.9. The van der Waals surface area contributed by atoms with Crippen molar-refractivity contribution < 1.29 is 68.0 Å². The van der Waals surface area contributed by atoms with Crippen LogP contribution < -0.4 is 27.4 Å². The van der Waals surface area contributed by atoms with Gasteiger partial charge < -0.3 is 56.2 Å². The third kappa shape index (κ3) is 28.1. The minimum atomic E-state index is -3.89. The molecular weight excluding hydrogens is 1340 g/mol. The fourth-order valence-corrected chi connectivity index (χ4v) is 12.1. The van der Waals surface area contributed by atoms with Gasteiger partial charge in [0.05, 0.1) is 9.79 Å². The molecule has 0 saturated carbocycles. The summed E-state index contributed by atoms with van der Waals surface area (Å²) in [7, 11) is -14.4. The molecule has 0 aliphatic rings. The molecular formula is C56H71B3Br2N7O11PdS3-3. The third-order valence-corrected chi connectivity index (χ3v) is 16.0. The molecule has 0 spiro atoms. The number of anilines is 4. The molecule has 0 unspecified atom stereocenters. The summed E-state index contributed by atoms with van der Waals surface area (Å²) in [6.45, 7) is 18.8.